The van der Waals surface area contributed by atoms with E-state index in [0.29, 0.717) is 5.95 Å². The van der Waals surface area contributed by atoms with Crippen molar-refractivity contribution in [3.8, 4) is 0 Å². The van der Waals surface area contributed by atoms with E-state index in [-0.39, 0.29) is 5.91 Å². The van der Waals surface area contributed by atoms with Crippen LogP contribution in [-0.4, -0.2) is 58.5 Å². The van der Waals surface area contributed by atoms with Crippen LogP contribution in [0.25, 0.3) is 10.9 Å². The number of amides is 1. The number of anilines is 2. The summed E-state index contributed by atoms with van der Waals surface area (Å²) in [4.78, 5) is 27.8. The number of H-pyrrole nitrogens is 1. The van der Waals surface area contributed by atoms with E-state index >= 15 is 0 Å². The van der Waals surface area contributed by atoms with Gasteiger partial charge in [-0.15, -0.1) is 0 Å². The molecule has 0 saturated carbocycles. The number of para-hydroxylation sites is 1. The number of aromatic amines is 1. The summed E-state index contributed by atoms with van der Waals surface area (Å²) in [5.74, 6) is 1.68. The van der Waals surface area contributed by atoms with Crippen molar-refractivity contribution in [1.29, 1.82) is 0 Å². The van der Waals surface area contributed by atoms with Crippen LogP contribution in [0.5, 0.6) is 0 Å². The highest BCUT2D eigenvalue weighted by molar-refractivity contribution is 5.83. The number of hydrogen-bond donors (Lipinski definition) is 2. The van der Waals surface area contributed by atoms with Crippen molar-refractivity contribution in [1.82, 2.24) is 19.9 Å². The van der Waals surface area contributed by atoms with Crippen LogP contribution >= 0.6 is 0 Å². The Kier molecular flexibility index (Phi) is 4.91. The summed E-state index contributed by atoms with van der Waals surface area (Å²) < 4.78 is 0. The highest BCUT2D eigenvalue weighted by Gasteiger charge is 2.19. The molecule has 1 fully saturated rings. The van der Waals surface area contributed by atoms with E-state index in [2.05, 4.69) is 49.6 Å². The molecule has 1 amide bonds. The molecule has 27 heavy (non-hydrogen) atoms. The monoisotopic (exact) mass is 364 g/mol. The van der Waals surface area contributed by atoms with Gasteiger partial charge in [0.2, 0.25) is 11.9 Å². The van der Waals surface area contributed by atoms with Crippen molar-refractivity contribution in [3.63, 3.8) is 0 Å². The maximum absolute atomic E-state index is 11.5. The molecular weight excluding hydrogens is 340 g/mol. The molecule has 0 aliphatic carbocycles. The largest absolute Gasteiger partial charge is 0.361 e. The Morgan fingerprint density at radius 2 is 2.00 bits per heavy atom. The lowest BCUT2D eigenvalue weighted by Gasteiger charge is -2.34. The Morgan fingerprint density at radius 3 is 2.81 bits per heavy atom. The maximum Gasteiger partial charge on any atom is 0.224 e. The molecule has 2 N–H and O–H groups in total. The molecule has 1 aromatic carbocycles. The van der Waals surface area contributed by atoms with E-state index in [1.54, 1.807) is 13.1 Å². The summed E-state index contributed by atoms with van der Waals surface area (Å²) in [6.45, 7) is 5.46. The van der Waals surface area contributed by atoms with Gasteiger partial charge in [-0.05, 0) is 24.1 Å². The Labute approximate surface area is 158 Å². The fraction of sp³-hybridized carbons (Fsp3) is 0.350. The van der Waals surface area contributed by atoms with Gasteiger partial charge in [-0.3, -0.25) is 4.79 Å². The molecule has 1 aliphatic heterocycles. The fourth-order valence-electron chi connectivity index (χ4n) is 3.51. The smallest absolute Gasteiger partial charge is 0.224 e. The third kappa shape index (κ3) is 3.86. The van der Waals surface area contributed by atoms with Crippen LogP contribution < -0.4 is 10.2 Å². The SMILES string of the molecule is CC(=O)N1CCN(c2ccnc(NCCc3c[nH]c4ccccc34)n2)CC1. The molecule has 1 aliphatic rings. The van der Waals surface area contributed by atoms with E-state index in [1.807, 2.05) is 17.0 Å². The second-order valence-corrected chi connectivity index (χ2v) is 6.77. The zero-order valence-electron chi connectivity index (χ0n) is 15.5. The standard InChI is InChI=1S/C20H24N6O/c1-15(27)25-10-12-26(13-11-25)19-7-9-22-20(24-19)21-8-6-16-14-23-18-5-3-2-4-17(16)18/h2-5,7,9,14,23H,6,8,10-13H2,1H3,(H,21,22,24). The van der Waals surface area contributed by atoms with Crippen LogP contribution in [0.3, 0.4) is 0 Å². The van der Waals surface area contributed by atoms with Crippen molar-refractivity contribution < 1.29 is 4.79 Å². The molecule has 1 saturated heterocycles. The lowest BCUT2D eigenvalue weighted by Crippen LogP contribution is -2.48. The summed E-state index contributed by atoms with van der Waals surface area (Å²) in [6, 6.07) is 10.2. The first-order valence-electron chi connectivity index (χ1n) is 9.33. The average Bonchev–Trinajstić information content (AvgIpc) is 3.12. The minimum atomic E-state index is 0.136. The number of carbonyl (C=O) groups excluding carboxylic acids is 1. The maximum atomic E-state index is 11.5. The molecule has 0 spiro atoms. The Balaban J connectivity index is 1.35. The van der Waals surface area contributed by atoms with E-state index in [4.69, 9.17) is 0 Å². The Morgan fingerprint density at radius 1 is 1.19 bits per heavy atom. The first kappa shape index (κ1) is 17.3. The Hall–Kier alpha value is -3.09. The molecule has 2 aromatic heterocycles. The molecule has 0 radical (unpaired) electrons. The molecule has 0 unspecified atom stereocenters. The molecule has 140 valence electrons. The molecule has 0 bridgehead atoms. The number of fused-ring (bicyclic) bond motifs is 1. The first-order valence-corrected chi connectivity index (χ1v) is 9.33. The number of carbonyl (C=O) groups is 1. The highest BCUT2D eigenvalue weighted by Crippen LogP contribution is 2.18. The van der Waals surface area contributed by atoms with Gasteiger partial charge in [0.1, 0.15) is 5.82 Å². The van der Waals surface area contributed by atoms with Crippen molar-refractivity contribution >= 4 is 28.6 Å². The van der Waals surface area contributed by atoms with Crippen LogP contribution in [0.1, 0.15) is 12.5 Å². The van der Waals surface area contributed by atoms with Crippen molar-refractivity contribution in [3.05, 3.63) is 48.3 Å². The molecule has 3 aromatic rings. The van der Waals surface area contributed by atoms with Crippen molar-refractivity contribution in [2.45, 2.75) is 13.3 Å². The van der Waals surface area contributed by atoms with Crippen LogP contribution in [-0.2, 0) is 11.2 Å². The molecule has 0 atom stereocenters. The number of piperazine rings is 1. The fourth-order valence-corrected chi connectivity index (χ4v) is 3.51. The highest BCUT2D eigenvalue weighted by atomic mass is 16.2. The summed E-state index contributed by atoms with van der Waals surface area (Å²) in [5.41, 5.74) is 2.45. The summed E-state index contributed by atoms with van der Waals surface area (Å²) >= 11 is 0. The third-order valence-electron chi connectivity index (χ3n) is 5.04. The van der Waals surface area contributed by atoms with Gasteiger partial charge in [0.05, 0.1) is 0 Å². The van der Waals surface area contributed by atoms with Gasteiger partial charge in [-0.25, -0.2) is 4.98 Å². The molecule has 3 heterocycles. The number of aromatic nitrogens is 3. The predicted octanol–water partition coefficient (Wildman–Crippen LogP) is 2.28. The predicted molar refractivity (Wildman–Crippen MR) is 107 cm³/mol. The van der Waals surface area contributed by atoms with Crippen LogP contribution in [0.4, 0.5) is 11.8 Å². The minimum absolute atomic E-state index is 0.136. The topological polar surface area (TPSA) is 77.2 Å². The van der Waals surface area contributed by atoms with Gasteiger partial charge in [0.15, 0.2) is 0 Å². The van der Waals surface area contributed by atoms with Crippen LogP contribution in [0.2, 0.25) is 0 Å². The van der Waals surface area contributed by atoms with E-state index < -0.39 is 0 Å². The van der Waals surface area contributed by atoms with Gasteiger partial charge >= 0.3 is 0 Å². The summed E-state index contributed by atoms with van der Waals surface area (Å²) in [7, 11) is 0. The van der Waals surface area contributed by atoms with Crippen LogP contribution in [0, 0.1) is 0 Å². The molecule has 7 nitrogen and oxygen atoms in total. The zero-order chi connectivity index (χ0) is 18.6. The first-order chi connectivity index (χ1) is 13.2. The van der Waals surface area contributed by atoms with Gasteiger partial charge in [-0.1, -0.05) is 18.2 Å². The second-order valence-electron chi connectivity index (χ2n) is 6.77. The van der Waals surface area contributed by atoms with E-state index in [1.165, 1.54) is 10.9 Å². The number of nitrogens with zero attached hydrogens (tertiary/aromatic N) is 4. The number of rotatable bonds is 5. The Bertz CT molecular complexity index is 929. The third-order valence-corrected chi connectivity index (χ3v) is 5.04. The average molecular weight is 364 g/mol. The normalized spacial score (nSPS) is 14.6. The molecule has 7 heteroatoms. The number of hydrogen-bond acceptors (Lipinski definition) is 5. The minimum Gasteiger partial charge on any atom is -0.361 e. The molecular formula is C20H24N6O. The second kappa shape index (κ2) is 7.65. The lowest BCUT2D eigenvalue weighted by molar-refractivity contribution is -0.129. The van der Waals surface area contributed by atoms with Crippen molar-refractivity contribution in [2.24, 2.45) is 0 Å². The summed E-state index contributed by atoms with van der Waals surface area (Å²) in [5, 5.41) is 4.59. The molecule has 4 rings (SSSR count). The van der Waals surface area contributed by atoms with Crippen molar-refractivity contribution in [2.75, 3.05) is 42.9 Å². The van der Waals surface area contributed by atoms with Crippen LogP contribution in [0.15, 0.2) is 42.7 Å². The van der Waals surface area contributed by atoms with Gasteiger partial charge in [0.25, 0.3) is 0 Å². The lowest BCUT2D eigenvalue weighted by atomic mass is 10.1. The summed E-state index contributed by atoms with van der Waals surface area (Å²) in [6.07, 6.45) is 4.75. The van der Waals surface area contributed by atoms with Gasteiger partial charge < -0.3 is 20.1 Å². The van der Waals surface area contributed by atoms with Gasteiger partial charge in [-0.2, -0.15) is 4.98 Å². The number of benzene rings is 1. The zero-order valence-corrected chi connectivity index (χ0v) is 15.5. The quantitative estimate of drug-likeness (QED) is 0.726. The number of nitrogens with one attached hydrogen (secondary N) is 2. The van der Waals surface area contributed by atoms with Gasteiger partial charge in [0, 0.05) is 62.9 Å². The van der Waals surface area contributed by atoms with E-state index in [9.17, 15) is 4.79 Å². The van der Waals surface area contributed by atoms with E-state index in [0.717, 1.165) is 50.5 Å².